The molecule has 0 aromatic carbocycles. The van der Waals surface area contributed by atoms with Crippen molar-refractivity contribution < 1.29 is 4.39 Å². The SMILES string of the molecule is CC(F)c1ccnc(I)c1. The Morgan fingerprint density at radius 2 is 2.40 bits per heavy atom. The third-order valence-electron chi connectivity index (χ3n) is 1.21. The van der Waals surface area contributed by atoms with Crippen LogP contribution in [0.4, 0.5) is 4.39 Å². The summed E-state index contributed by atoms with van der Waals surface area (Å²) in [6.07, 6.45) is 0.726. The Labute approximate surface area is 72.8 Å². The summed E-state index contributed by atoms with van der Waals surface area (Å²) in [6.45, 7) is 1.52. The first-order chi connectivity index (χ1) is 4.70. The van der Waals surface area contributed by atoms with Gasteiger partial charge in [-0.15, -0.1) is 0 Å². The van der Waals surface area contributed by atoms with Crippen molar-refractivity contribution in [3.63, 3.8) is 0 Å². The summed E-state index contributed by atoms with van der Waals surface area (Å²) in [5, 5.41) is 0. The molecule has 0 aliphatic carbocycles. The van der Waals surface area contributed by atoms with Crippen LogP contribution in [0.25, 0.3) is 0 Å². The molecule has 54 valence electrons. The van der Waals surface area contributed by atoms with Gasteiger partial charge in [-0.1, -0.05) is 0 Å². The molecule has 0 amide bonds. The van der Waals surface area contributed by atoms with Crippen LogP contribution < -0.4 is 0 Å². The minimum Gasteiger partial charge on any atom is -0.250 e. The van der Waals surface area contributed by atoms with E-state index in [2.05, 4.69) is 27.6 Å². The fraction of sp³-hybridized carbons (Fsp3) is 0.286. The van der Waals surface area contributed by atoms with Crippen LogP contribution in [0.1, 0.15) is 18.7 Å². The predicted molar refractivity (Wildman–Crippen MR) is 46.5 cm³/mol. The number of rotatable bonds is 1. The molecule has 1 unspecified atom stereocenters. The van der Waals surface area contributed by atoms with Crippen molar-refractivity contribution in [3.8, 4) is 0 Å². The lowest BCUT2D eigenvalue weighted by Crippen LogP contribution is -1.87. The number of aromatic nitrogens is 1. The molecule has 0 radical (unpaired) electrons. The standard InChI is InChI=1S/C7H7FIN/c1-5(8)6-2-3-10-7(9)4-6/h2-5H,1H3. The van der Waals surface area contributed by atoms with Crippen LogP contribution >= 0.6 is 22.6 Å². The van der Waals surface area contributed by atoms with Gasteiger partial charge in [0.25, 0.3) is 0 Å². The molecule has 1 heterocycles. The van der Waals surface area contributed by atoms with E-state index in [1.807, 2.05) is 0 Å². The molecule has 0 N–H and O–H groups in total. The van der Waals surface area contributed by atoms with Gasteiger partial charge in [-0.2, -0.15) is 0 Å². The summed E-state index contributed by atoms with van der Waals surface area (Å²) in [6, 6.07) is 3.43. The average Bonchev–Trinajstić information content (AvgIpc) is 1.88. The predicted octanol–water partition coefficient (Wildman–Crippen LogP) is 2.72. The Bertz CT molecular complexity index is 225. The van der Waals surface area contributed by atoms with E-state index in [0.29, 0.717) is 5.56 Å². The summed E-state index contributed by atoms with van der Waals surface area (Å²) < 4.78 is 13.4. The first kappa shape index (κ1) is 7.91. The van der Waals surface area contributed by atoms with Gasteiger partial charge in [-0.25, -0.2) is 4.39 Å². The van der Waals surface area contributed by atoms with Crippen LogP contribution in [0, 0.1) is 3.70 Å². The van der Waals surface area contributed by atoms with Gasteiger partial charge in [0.1, 0.15) is 9.87 Å². The minimum atomic E-state index is -0.892. The number of halogens is 2. The molecule has 1 nitrogen and oxygen atoms in total. The molecule has 0 aliphatic heterocycles. The Kier molecular flexibility index (Phi) is 2.59. The van der Waals surface area contributed by atoms with E-state index in [0.717, 1.165) is 3.70 Å². The Balaban J connectivity index is 2.96. The van der Waals surface area contributed by atoms with Crippen molar-refractivity contribution in [2.75, 3.05) is 0 Å². The van der Waals surface area contributed by atoms with Crippen LogP contribution in [-0.2, 0) is 0 Å². The second-order valence-corrected chi connectivity index (χ2v) is 3.13. The molecule has 10 heavy (non-hydrogen) atoms. The van der Waals surface area contributed by atoms with Crippen molar-refractivity contribution >= 4 is 22.6 Å². The van der Waals surface area contributed by atoms with Gasteiger partial charge in [-0.05, 0) is 47.2 Å². The van der Waals surface area contributed by atoms with Crippen molar-refractivity contribution in [3.05, 3.63) is 27.6 Å². The van der Waals surface area contributed by atoms with Crippen molar-refractivity contribution in [2.24, 2.45) is 0 Å². The van der Waals surface area contributed by atoms with Gasteiger partial charge in [0.15, 0.2) is 0 Å². The van der Waals surface area contributed by atoms with Crippen LogP contribution in [0.3, 0.4) is 0 Å². The van der Waals surface area contributed by atoms with Gasteiger partial charge in [0, 0.05) is 6.20 Å². The maximum atomic E-state index is 12.6. The molecule has 0 spiro atoms. The van der Waals surface area contributed by atoms with Crippen molar-refractivity contribution in [1.29, 1.82) is 0 Å². The quantitative estimate of drug-likeness (QED) is 0.552. The molecule has 0 saturated carbocycles. The van der Waals surface area contributed by atoms with Crippen LogP contribution in [0.5, 0.6) is 0 Å². The maximum absolute atomic E-state index is 12.6. The molecule has 1 atom stereocenters. The minimum absolute atomic E-state index is 0.694. The van der Waals surface area contributed by atoms with Gasteiger partial charge in [-0.3, -0.25) is 4.98 Å². The molecule has 3 heteroatoms. The lowest BCUT2D eigenvalue weighted by molar-refractivity contribution is 0.374. The van der Waals surface area contributed by atoms with Crippen molar-refractivity contribution in [2.45, 2.75) is 13.1 Å². The van der Waals surface area contributed by atoms with E-state index < -0.39 is 6.17 Å². The van der Waals surface area contributed by atoms with E-state index in [1.54, 1.807) is 18.3 Å². The molecule has 1 aromatic heterocycles. The number of nitrogens with zero attached hydrogens (tertiary/aromatic N) is 1. The third-order valence-corrected chi connectivity index (χ3v) is 1.80. The van der Waals surface area contributed by atoms with E-state index >= 15 is 0 Å². The highest BCUT2D eigenvalue weighted by atomic mass is 127. The summed E-state index contributed by atoms with van der Waals surface area (Å²) >= 11 is 2.06. The highest BCUT2D eigenvalue weighted by Gasteiger charge is 2.01. The third kappa shape index (κ3) is 1.90. The molecule has 0 bridgehead atoms. The van der Waals surface area contributed by atoms with Gasteiger partial charge in [0.2, 0.25) is 0 Å². The smallest absolute Gasteiger partial charge is 0.122 e. The van der Waals surface area contributed by atoms with Crippen LogP contribution in [-0.4, -0.2) is 4.98 Å². The van der Waals surface area contributed by atoms with E-state index in [4.69, 9.17) is 0 Å². The topological polar surface area (TPSA) is 12.9 Å². The van der Waals surface area contributed by atoms with Gasteiger partial charge >= 0.3 is 0 Å². The van der Waals surface area contributed by atoms with E-state index in [-0.39, 0.29) is 0 Å². The lowest BCUT2D eigenvalue weighted by atomic mass is 10.2. The molecular formula is C7H7FIN. The molecule has 0 saturated heterocycles. The molecular weight excluding hydrogens is 244 g/mol. The molecule has 1 aromatic rings. The van der Waals surface area contributed by atoms with Crippen molar-refractivity contribution in [1.82, 2.24) is 4.98 Å². The number of hydrogen-bond acceptors (Lipinski definition) is 1. The molecule has 0 aliphatic rings. The number of alkyl halides is 1. The fourth-order valence-corrected chi connectivity index (χ4v) is 1.19. The highest BCUT2D eigenvalue weighted by molar-refractivity contribution is 14.1. The molecule has 1 rings (SSSR count). The lowest BCUT2D eigenvalue weighted by Gasteiger charge is -1.99. The largest absolute Gasteiger partial charge is 0.250 e. The molecule has 0 fully saturated rings. The summed E-state index contributed by atoms with van der Waals surface area (Å²) in [5.41, 5.74) is 0.694. The summed E-state index contributed by atoms with van der Waals surface area (Å²) in [7, 11) is 0. The van der Waals surface area contributed by atoms with Gasteiger partial charge < -0.3 is 0 Å². The normalized spacial score (nSPS) is 13.1. The Hall–Kier alpha value is -0.190. The summed E-state index contributed by atoms with van der Waals surface area (Å²) in [4.78, 5) is 3.94. The Morgan fingerprint density at radius 1 is 1.70 bits per heavy atom. The zero-order valence-electron chi connectivity index (χ0n) is 5.51. The second kappa shape index (κ2) is 3.27. The summed E-state index contributed by atoms with van der Waals surface area (Å²) in [5.74, 6) is 0. The van der Waals surface area contributed by atoms with E-state index in [9.17, 15) is 4.39 Å². The number of hydrogen-bond donors (Lipinski definition) is 0. The van der Waals surface area contributed by atoms with Gasteiger partial charge in [0.05, 0.1) is 0 Å². The first-order valence-electron chi connectivity index (χ1n) is 2.95. The van der Waals surface area contributed by atoms with Crippen LogP contribution in [0.15, 0.2) is 18.3 Å². The monoisotopic (exact) mass is 251 g/mol. The maximum Gasteiger partial charge on any atom is 0.122 e. The highest BCUT2D eigenvalue weighted by Crippen LogP contribution is 2.16. The second-order valence-electron chi connectivity index (χ2n) is 2.03. The zero-order chi connectivity index (χ0) is 7.56. The average molecular weight is 251 g/mol. The van der Waals surface area contributed by atoms with Crippen LogP contribution in [0.2, 0.25) is 0 Å². The van der Waals surface area contributed by atoms with E-state index in [1.165, 1.54) is 6.92 Å². The fourth-order valence-electron chi connectivity index (χ4n) is 0.665. The Morgan fingerprint density at radius 3 is 2.80 bits per heavy atom. The number of pyridine rings is 1. The first-order valence-corrected chi connectivity index (χ1v) is 4.03. The zero-order valence-corrected chi connectivity index (χ0v) is 7.67.